The monoisotopic (exact) mass is 164 g/mol. The van der Waals surface area contributed by atoms with Gasteiger partial charge in [0.1, 0.15) is 21.5 Å². The molecule has 0 aromatic heterocycles. The lowest BCUT2D eigenvalue weighted by Crippen LogP contribution is -2.02. The van der Waals surface area contributed by atoms with Gasteiger partial charge < -0.3 is 15.3 Å². The molecule has 0 bridgehead atoms. The molecule has 5 heteroatoms. The molecule has 0 aromatic carbocycles. The second-order valence-electron chi connectivity index (χ2n) is 2.23. The van der Waals surface area contributed by atoms with Crippen molar-refractivity contribution in [2.75, 3.05) is 6.61 Å². The molecule has 4 radical (unpaired) electrons. The van der Waals surface area contributed by atoms with Gasteiger partial charge in [-0.25, -0.2) is 0 Å². The summed E-state index contributed by atoms with van der Waals surface area (Å²) in [6.07, 6.45) is 0.325. The van der Waals surface area contributed by atoms with E-state index in [1.165, 1.54) is 0 Å². The van der Waals surface area contributed by atoms with Crippen molar-refractivity contribution in [3.05, 3.63) is 22.5 Å². The minimum absolute atomic E-state index is 0.0935. The Hall–Kier alpha value is -0.830. The van der Waals surface area contributed by atoms with Crippen molar-refractivity contribution in [2.45, 2.75) is 13.3 Å². The Labute approximate surface area is 74.2 Å². The lowest BCUT2D eigenvalue weighted by Gasteiger charge is -2.07. The van der Waals surface area contributed by atoms with Crippen LogP contribution in [0.1, 0.15) is 13.3 Å². The van der Waals surface area contributed by atoms with Crippen molar-refractivity contribution in [1.29, 1.82) is 0 Å². The fourth-order valence-electron chi connectivity index (χ4n) is 0.587. The van der Waals surface area contributed by atoms with E-state index in [4.69, 9.17) is 31.0 Å². The van der Waals surface area contributed by atoms with Crippen LogP contribution >= 0.6 is 0 Å². The van der Waals surface area contributed by atoms with Gasteiger partial charge in [-0.1, -0.05) is 17.9 Å². The average Bonchev–Trinajstić information content (AvgIpc) is 2.12. The van der Waals surface area contributed by atoms with Crippen molar-refractivity contribution in [1.82, 2.24) is 0 Å². The summed E-state index contributed by atoms with van der Waals surface area (Å²) in [5.41, 5.74) is -0.277. The molecule has 3 N–H and O–H groups in total. The first kappa shape index (κ1) is 11.2. The van der Waals surface area contributed by atoms with Crippen LogP contribution in [0.3, 0.4) is 0 Å². The third-order valence-corrected chi connectivity index (χ3v) is 1.40. The lowest BCUT2D eigenvalue weighted by atomic mass is 9.75. The highest BCUT2D eigenvalue weighted by Gasteiger charge is 2.03. The standard InChI is InChI=1S/C7H10B2O3/c1-2-4(11)6(8)7(9)5(12)3-10/h10-12H,2-3H2,1H3/b6-4-,7-5-. The highest BCUT2D eigenvalue weighted by Crippen LogP contribution is 2.11. The molecule has 0 aliphatic carbocycles. The van der Waals surface area contributed by atoms with Crippen LogP contribution in [0.2, 0.25) is 0 Å². The van der Waals surface area contributed by atoms with Gasteiger partial charge in [-0.05, 0) is 0 Å². The van der Waals surface area contributed by atoms with Crippen molar-refractivity contribution in [2.24, 2.45) is 0 Å². The zero-order valence-electron chi connectivity index (χ0n) is 6.91. The molecule has 0 atom stereocenters. The molecular formula is C7H10B2O3. The molecular weight excluding hydrogens is 154 g/mol. The molecule has 0 aliphatic rings. The largest absolute Gasteiger partial charge is 0.513 e. The first-order valence-electron chi connectivity index (χ1n) is 3.51. The Morgan fingerprint density at radius 2 is 1.50 bits per heavy atom. The quantitative estimate of drug-likeness (QED) is 0.318. The zero-order chi connectivity index (χ0) is 9.72. The van der Waals surface area contributed by atoms with Crippen LogP contribution in [-0.2, 0) is 0 Å². The lowest BCUT2D eigenvalue weighted by molar-refractivity contribution is 0.252. The number of aliphatic hydroxyl groups is 3. The Kier molecular flexibility index (Phi) is 4.59. The Morgan fingerprint density at radius 3 is 1.83 bits per heavy atom. The fourth-order valence-corrected chi connectivity index (χ4v) is 0.587. The van der Waals surface area contributed by atoms with Gasteiger partial charge in [0.25, 0.3) is 0 Å². The van der Waals surface area contributed by atoms with E-state index < -0.39 is 12.4 Å². The first-order chi connectivity index (χ1) is 5.54. The van der Waals surface area contributed by atoms with Crippen LogP contribution in [-0.4, -0.2) is 37.6 Å². The summed E-state index contributed by atoms with van der Waals surface area (Å²) in [6.45, 7) is 1.09. The second kappa shape index (κ2) is 4.93. The molecule has 0 saturated heterocycles. The second-order valence-corrected chi connectivity index (χ2v) is 2.23. The maximum atomic E-state index is 9.09. The summed E-state index contributed by atoms with van der Waals surface area (Å²) in [5, 5.41) is 26.5. The number of aliphatic hydroxyl groups excluding tert-OH is 3. The summed E-state index contributed by atoms with van der Waals surface area (Å²) in [7, 11) is 10.6. The molecule has 62 valence electrons. The predicted octanol–water partition coefficient (Wildman–Crippen LogP) is 0.265. The van der Waals surface area contributed by atoms with Gasteiger partial charge in [-0.3, -0.25) is 0 Å². The summed E-state index contributed by atoms with van der Waals surface area (Å²) < 4.78 is 0. The van der Waals surface area contributed by atoms with Crippen LogP contribution in [0.5, 0.6) is 0 Å². The van der Waals surface area contributed by atoms with E-state index in [-0.39, 0.29) is 16.7 Å². The molecule has 3 nitrogen and oxygen atoms in total. The van der Waals surface area contributed by atoms with Crippen molar-refractivity contribution in [3.63, 3.8) is 0 Å². The Bertz CT molecular complexity index is 197. The van der Waals surface area contributed by atoms with E-state index >= 15 is 0 Å². The third-order valence-electron chi connectivity index (χ3n) is 1.40. The van der Waals surface area contributed by atoms with Crippen molar-refractivity contribution in [3.8, 4) is 0 Å². The summed E-state index contributed by atoms with van der Waals surface area (Å²) >= 11 is 0. The van der Waals surface area contributed by atoms with Crippen LogP contribution in [0, 0.1) is 0 Å². The maximum absolute atomic E-state index is 9.09. The highest BCUT2D eigenvalue weighted by molar-refractivity contribution is 6.37. The minimum Gasteiger partial charge on any atom is -0.513 e. The Balaban J connectivity index is 4.82. The van der Waals surface area contributed by atoms with Gasteiger partial charge >= 0.3 is 0 Å². The molecule has 0 aliphatic heterocycles. The number of hydrogen-bond acceptors (Lipinski definition) is 3. The molecule has 0 heterocycles. The molecule has 0 amide bonds. The summed E-state index contributed by atoms with van der Waals surface area (Å²) in [5.74, 6) is -0.542. The van der Waals surface area contributed by atoms with E-state index in [1.807, 2.05) is 0 Å². The summed E-state index contributed by atoms with van der Waals surface area (Å²) in [4.78, 5) is 0. The van der Waals surface area contributed by atoms with Gasteiger partial charge in [0.2, 0.25) is 0 Å². The summed E-state index contributed by atoms with van der Waals surface area (Å²) in [6, 6.07) is 0. The highest BCUT2D eigenvalue weighted by atomic mass is 16.3. The molecule has 0 fully saturated rings. The molecule has 0 spiro atoms. The molecule has 0 rings (SSSR count). The Morgan fingerprint density at radius 1 is 1.08 bits per heavy atom. The smallest absolute Gasteiger partial charge is 0.117 e. The average molecular weight is 164 g/mol. The SMILES string of the molecule is [B]C(=C(\O)CC)/C([B])=C(/O)CO. The van der Waals surface area contributed by atoms with Gasteiger partial charge in [0.05, 0.1) is 12.4 Å². The first-order valence-corrected chi connectivity index (χ1v) is 3.51. The number of hydrogen-bond donors (Lipinski definition) is 3. The van der Waals surface area contributed by atoms with E-state index in [2.05, 4.69) is 0 Å². The van der Waals surface area contributed by atoms with Crippen LogP contribution in [0.25, 0.3) is 0 Å². The zero-order valence-corrected chi connectivity index (χ0v) is 6.91. The van der Waals surface area contributed by atoms with E-state index in [1.54, 1.807) is 6.92 Å². The molecule has 0 aromatic rings. The normalized spacial score (nSPS) is 15.2. The molecule has 0 unspecified atom stereocenters. The molecule has 0 saturated carbocycles. The minimum atomic E-state index is -0.594. The van der Waals surface area contributed by atoms with Gasteiger partial charge in [0.15, 0.2) is 0 Å². The van der Waals surface area contributed by atoms with E-state index in [0.29, 0.717) is 6.42 Å². The topological polar surface area (TPSA) is 60.7 Å². The van der Waals surface area contributed by atoms with Crippen LogP contribution in [0.15, 0.2) is 22.5 Å². The van der Waals surface area contributed by atoms with E-state index in [0.717, 1.165) is 0 Å². The number of allylic oxidation sites excluding steroid dienone is 3. The van der Waals surface area contributed by atoms with Crippen LogP contribution < -0.4 is 0 Å². The van der Waals surface area contributed by atoms with Gasteiger partial charge in [-0.15, -0.1) is 0 Å². The van der Waals surface area contributed by atoms with Crippen molar-refractivity contribution >= 4 is 15.7 Å². The molecule has 12 heavy (non-hydrogen) atoms. The van der Waals surface area contributed by atoms with Crippen LogP contribution in [0.4, 0.5) is 0 Å². The van der Waals surface area contributed by atoms with Crippen molar-refractivity contribution < 1.29 is 15.3 Å². The fraction of sp³-hybridized carbons (Fsp3) is 0.429. The van der Waals surface area contributed by atoms with E-state index in [9.17, 15) is 0 Å². The predicted molar refractivity (Wildman–Crippen MR) is 48.2 cm³/mol. The van der Waals surface area contributed by atoms with Gasteiger partial charge in [0, 0.05) is 6.42 Å². The maximum Gasteiger partial charge on any atom is 0.117 e. The third kappa shape index (κ3) is 2.66. The van der Waals surface area contributed by atoms with Gasteiger partial charge in [-0.2, -0.15) is 0 Å². The number of rotatable bonds is 3.